The third-order valence-electron chi connectivity index (χ3n) is 2.86. The van der Waals surface area contributed by atoms with Crippen LogP contribution in [0.4, 0.5) is 5.13 Å². The fourth-order valence-electron chi connectivity index (χ4n) is 1.82. The largest absolute Gasteiger partial charge is 0.352 e. The summed E-state index contributed by atoms with van der Waals surface area (Å²) >= 11 is 7.44. The van der Waals surface area contributed by atoms with E-state index in [0.29, 0.717) is 5.02 Å². The normalized spacial score (nSPS) is 10.7. The number of benzene rings is 1. The second-order valence-electron chi connectivity index (χ2n) is 4.05. The topological polar surface area (TPSA) is 45.2 Å². The maximum Gasteiger partial charge on any atom is 0.241 e. The van der Waals surface area contributed by atoms with E-state index in [1.165, 1.54) is 11.3 Å². The van der Waals surface area contributed by atoms with E-state index >= 15 is 0 Å². The zero-order chi connectivity index (χ0) is 13.8. The summed E-state index contributed by atoms with van der Waals surface area (Å²) in [6, 6.07) is 5.60. The number of thiazole rings is 1. The number of fused-ring (bicyclic) bond motifs is 1. The van der Waals surface area contributed by atoms with Crippen LogP contribution in [-0.4, -0.2) is 35.4 Å². The first-order valence-electron chi connectivity index (χ1n) is 6.21. The highest BCUT2D eigenvalue weighted by atomic mass is 35.5. The predicted molar refractivity (Wildman–Crippen MR) is 81.0 cm³/mol. The van der Waals surface area contributed by atoms with Gasteiger partial charge in [-0.15, -0.1) is 0 Å². The SMILES string of the molecule is CCN(CC)C(=O)CNc1nc2cc(Cl)ccc2s1. The smallest absolute Gasteiger partial charge is 0.241 e. The van der Waals surface area contributed by atoms with Gasteiger partial charge in [0.15, 0.2) is 5.13 Å². The van der Waals surface area contributed by atoms with E-state index in [0.717, 1.165) is 28.4 Å². The number of hydrogen-bond acceptors (Lipinski definition) is 4. The van der Waals surface area contributed by atoms with Gasteiger partial charge in [-0.25, -0.2) is 4.98 Å². The Morgan fingerprint density at radius 3 is 2.84 bits per heavy atom. The van der Waals surface area contributed by atoms with E-state index in [4.69, 9.17) is 11.6 Å². The molecule has 0 saturated heterocycles. The molecule has 6 heteroatoms. The Hall–Kier alpha value is -1.33. The Bertz CT molecular complexity index is 580. The van der Waals surface area contributed by atoms with Gasteiger partial charge >= 0.3 is 0 Å². The Labute approximate surface area is 121 Å². The van der Waals surface area contributed by atoms with Crippen LogP contribution >= 0.6 is 22.9 Å². The average molecular weight is 298 g/mol. The number of amides is 1. The number of aromatic nitrogens is 1. The van der Waals surface area contributed by atoms with Crippen LogP contribution < -0.4 is 5.32 Å². The van der Waals surface area contributed by atoms with Gasteiger partial charge in [-0.2, -0.15) is 0 Å². The second-order valence-corrected chi connectivity index (χ2v) is 5.52. The number of halogens is 1. The van der Waals surface area contributed by atoms with E-state index in [1.54, 1.807) is 4.90 Å². The maximum absolute atomic E-state index is 11.9. The van der Waals surface area contributed by atoms with Crippen molar-refractivity contribution in [3.63, 3.8) is 0 Å². The number of nitrogens with one attached hydrogen (secondary N) is 1. The van der Waals surface area contributed by atoms with Crippen molar-refractivity contribution in [2.45, 2.75) is 13.8 Å². The first-order valence-corrected chi connectivity index (χ1v) is 7.41. The van der Waals surface area contributed by atoms with Crippen LogP contribution in [0.5, 0.6) is 0 Å². The van der Waals surface area contributed by atoms with E-state index in [1.807, 2.05) is 32.0 Å². The van der Waals surface area contributed by atoms with Gasteiger partial charge in [-0.1, -0.05) is 22.9 Å². The highest BCUT2D eigenvalue weighted by Gasteiger charge is 2.10. The summed E-state index contributed by atoms with van der Waals surface area (Å²) in [5.41, 5.74) is 0.857. The molecule has 0 spiro atoms. The molecule has 0 fully saturated rings. The number of hydrogen-bond donors (Lipinski definition) is 1. The van der Waals surface area contributed by atoms with Gasteiger partial charge in [0.1, 0.15) is 0 Å². The predicted octanol–water partition coefficient (Wildman–Crippen LogP) is 3.23. The molecule has 19 heavy (non-hydrogen) atoms. The summed E-state index contributed by atoms with van der Waals surface area (Å²) in [7, 11) is 0. The highest BCUT2D eigenvalue weighted by molar-refractivity contribution is 7.22. The molecule has 1 aromatic heterocycles. The number of carbonyl (C=O) groups excluding carboxylic acids is 1. The van der Waals surface area contributed by atoms with Crippen LogP contribution in [0.2, 0.25) is 5.02 Å². The molecule has 0 saturated carbocycles. The van der Waals surface area contributed by atoms with E-state index in [-0.39, 0.29) is 12.5 Å². The lowest BCUT2D eigenvalue weighted by Gasteiger charge is -2.18. The van der Waals surface area contributed by atoms with Crippen LogP contribution in [-0.2, 0) is 4.79 Å². The molecule has 0 aliphatic heterocycles. The number of anilines is 1. The molecule has 2 rings (SSSR count). The maximum atomic E-state index is 11.9. The fraction of sp³-hybridized carbons (Fsp3) is 0.385. The number of carbonyl (C=O) groups is 1. The van der Waals surface area contributed by atoms with Crippen LogP contribution in [0.15, 0.2) is 18.2 Å². The molecule has 102 valence electrons. The lowest BCUT2D eigenvalue weighted by Crippen LogP contribution is -2.35. The minimum absolute atomic E-state index is 0.0855. The van der Waals surface area contributed by atoms with Gasteiger partial charge in [0, 0.05) is 18.1 Å². The third-order valence-corrected chi connectivity index (χ3v) is 4.09. The lowest BCUT2D eigenvalue weighted by atomic mass is 10.3. The first kappa shape index (κ1) is 14.1. The molecule has 0 radical (unpaired) electrons. The Morgan fingerprint density at radius 1 is 1.42 bits per heavy atom. The standard InChI is InChI=1S/C13H16ClN3OS/c1-3-17(4-2)12(18)8-15-13-16-10-7-9(14)5-6-11(10)19-13/h5-7H,3-4,8H2,1-2H3,(H,15,16). The molecule has 0 atom stereocenters. The summed E-state index contributed by atoms with van der Waals surface area (Å²) in [4.78, 5) is 18.1. The Kier molecular flexibility index (Phi) is 4.61. The zero-order valence-electron chi connectivity index (χ0n) is 10.9. The Balaban J connectivity index is 2.03. The molecule has 4 nitrogen and oxygen atoms in total. The zero-order valence-corrected chi connectivity index (χ0v) is 12.5. The summed E-state index contributed by atoms with van der Waals surface area (Å²) in [6.45, 7) is 5.68. The lowest BCUT2D eigenvalue weighted by molar-refractivity contribution is -0.128. The van der Waals surface area contributed by atoms with E-state index in [9.17, 15) is 4.79 Å². The summed E-state index contributed by atoms with van der Waals surface area (Å²) in [5.74, 6) is 0.0855. The third kappa shape index (κ3) is 3.36. The molecule has 0 bridgehead atoms. The molecule has 1 aromatic carbocycles. The Morgan fingerprint density at radius 2 is 2.16 bits per heavy atom. The monoisotopic (exact) mass is 297 g/mol. The average Bonchev–Trinajstić information content (AvgIpc) is 2.79. The van der Waals surface area contributed by atoms with Gasteiger partial charge in [0.25, 0.3) is 0 Å². The quantitative estimate of drug-likeness (QED) is 0.921. The van der Waals surface area contributed by atoms with Gasteiger partial charge in [0.2, 0.25) is 5.91 Å². The van der Waals surface area contributed by atoms with E-state index in [2.05, 4.69) is 10.3 Å². The molecule has 0 aliphatic rings. The highest BCUT2D eigenvalue weighted by Crippen LogP contribution is 2.27. The molecule has 2 aromatic rings. The number of rotatable bonds is 5. The first-order chi connectivity index (χ1) is 9.13. The summed E-state index contributed by atoms with van der Waals surface area (Å²) in [5, 5.41) is 4.49. The van der Waals surface area contributed by atoms with Crippen molar-refractivity contribution >= 4 is 44.2 Å². The molecule has 0 unspecified atom stereocenters. The van der Waals surface area contributed by atoms with Crippen LogP contribution in [0, 0.1) is 0 Å². The van der Waals surface area contributed by atoms with Crippen molar-refractivity contribution in [1.82, 2.24) is 9.88 Å². The molecular weight excluding hydrogens is 282 g/mol. The van der Waals surface area contributed by atoms with Gasteiger partial charge < -0.3 is 10.2 Å². The van der Waals surface area contributed by atoms with Crippen molar-refractivity contribution in [2.24, 2.45) is 0 Å². The van der Waals surface area contributed by atoms with Crippen molar-refractivity contribution in [1.29, 1.82) is 0 Å². The fourth-order valence-corrected chi connectivity index (χ4v) is 2.82. The van der Waals surface area contributed by atoms with Crippen LogP contribution in [0.25, 0.3) is 10.2 Å². The van der Waals surface area contributed by atoms with Gasteiger partial charge in [-0.05, 0) is 32.0 Å². The van der Waals surface area contributed by atoms with Crippen LogP contribution in [0.1, 0.15) is 13.8 Å². The van der Waals surface area contributed by atoms with Crippen molar-refractivity contribution < 1.29 is 4.79 Å². The minimum atomic E-state index is 0.0855. The van der Waals surface area contributed by atoms with Gasteiger partial charge in [-0.3, -0.25) is 4.79 Å². The summed E-state index contributed by atoms with van der Waals surface area (Å²) in [6.07, 6.45) is 0. The summed E-state index contributed by atoms with van der Waals surface area (Å²) < 4.78 is 1.06. The van der Waals surface area contributed by atoms with E-state index < -0.39 is 0 Å². The molecule has 0 aliphatic carbocycles. The number of likely N-dealkylation sites (N-methyl/N-ethyl adjacent to an activating group) is 1. The van der Waals surface area contributed by atoms with Crippen molar-refractivity contribution in [3.8, 4) is 0 Å². The van der Waals surface area contributed by atoms with Crippen LogP contribution in [0.3, 0.4) is 0 Å². The van der Waals surface area contributed by atoms with Gasteiger partial charge in [0.05, 0.1) is 16.8 Å². The van der Waals surface area contributed by atoms with Crippen molar-refractivity contribution in [3.05, 3.63) is 23.2 Å². The number of nitrogens with zero attached hydrogens (tertiary/aromatic N) is 2. The molecule has 1 N–H and O–H groups in total. The molecule has 1 amide bonds. The molecule has 1 heterocycles. The second kappa shape index (κ2) is 6.21. The molecular formula is C13H16ClN3OS. The van der Waals surface area contributed by atoms with Crippen molar-refractivity contribution in [2.75, 3.05) is 25.0 Å². The minimum Gasteiger partial charge on any atom is -0.352 e.